The molecule has 9 N–H and O–H groups in total. The van der Waals surface area contributed by atoms with Crippen molar-refractivity contribution in [3.63, 3.8) is 0 Å². The normalized spacial score (nSPS) is 11.6. The summed E-state index contributed by atoms with van der Waals surface area (Å²) in [5, 5.41) is 42.3. The van der Waals surface area contributed by atoms with Gasteiger partial charge in [-0.3, -0.25) is 27.3 Å². The van der Waals surface area contributed by atoms with Gasteiger partial charge in [0.2, 0.25) is 30.1 Å². The Balaban J connectivity index is 0.000000166. The Bertz CT molecular complexity index is 7160. The second-order valence-corrected chi connectivity index (χ2v) is 36.4. The predicted molar refractivity (Wildman–Crippen MR) is 501 cm³/mol. The van der Waals surface area contributed by atoms with E-state index in [4.69, 9.17) is 13.3 Å². The molecule has 0 unspecified atom stereocenters. The number of aliphatic hydroxyl groups excluding tert-OH is 3. The quantitative estimate of drug-likeness (QED) is 0.0302. The van der Waals surface area contributed by atoms with Crippen LogP contribution in [0, 0.1) is 17.5 Å². The van der Waals surface area contributed by atoms with Gasteiger partial charge in [0, 0.05) is 170 Å². The number of carbonyl (C=O) groups is 3. The third-order valence-electron chi connectivity index (χ3n) is 22.5. The number of anilines is 3. The van der Waals surface area contributed by atoms with Crippen LogP contribution in [0.25, 0.3) is 167 Å². The van der Waals surface area contributed by atoms with Crippen LogP contribution >= 0.6 is 0 Å². The smallest absolute Gasteiger partial charge is 1.00 e. The van der Waals surface area contributed by atoms with Gasteiger partial charge in [0.1, 0.15) is 68.4 Å². The van der Waals surface area contributed by atoms with Gasteiger partial charge in [-0.05, 0) is 179 Å². The SMILES string of the molecule is CNC(=O)c1c(-c2ccc(F)cc2)oc2cc(N(C)S(C)(=O)=O)c(-c3cccc(-c4[nH]c5ncccc5c4CO)c3)cc12.CNC(=O)c1c(-c2ccc(F)cc2)oc2cc(N(C)S(C)(=O)=O)c(-c3cccc(-c4[nH]c5ncccc5c4CO)c3)cc12.CNC(=O)c1c(-c2ccc(F)cc2)oc2cc(N(C)S(C)(=O)=O)c(-c3cccc(-c4[nH]c5ncccc5c4CO)c3)cc12.[B].[H-].[Na+]. The third-order valence-corrected chi connectivity index (χ3v) is 26.1. The van der Waals surface area contributed by atoms with Gasteiger partial charge in [0.15, 0.2) is 0 Å². The number of H-pyrrole nitrogens is 3. The molecule has 3 radical (unpaired) electrons. The van der Waals surface area contributed by atoms with Crippen LogP contribution in [0.5, 0.6) is 0 Å². The first-order chi connectivity index (χ1) is 61.8. The number of halogens is 3. The zero-order valence-electron chi connectivity index (χ0n) is 73.0. The number of aromatic amines is 3. The van der Waals surface area contributed by atoms with E-state index in [2.05, 4.69) is 45.9 Å². The molecule has 9 aromatic heterocycles. The average molecular weight is 1830 g/mol. The average Bonchev–Trinajstić information content (AvgIpc) is 1.59. The molecular weight excluding hydrogens is 1750 g/mol. The Morgan fingerprint density at radius 2 is 0.603 bits per heavy atom. The monoisotopic (exact) mass is 1830 g/mol. The van der Waals surface area contributed by atoms with Crippen LogP contribution in [-0.2, 0) is 49.9 Å². The van der Waals surface area contributed by atoms with Crippen LogP contribution in [0.15, 0.2) is 250 Å². The van der Waals surface area contributed by atoms with Crippen molar-refractivity contribution in [2.24, 2.45) is 0 Å². The fourth-order valence-corrected chi connectivity index (χ4v) is 17.4. The second-order valence-electron chi connectivity index (χ2n) is 30.3. The summed E-state index contributed by atoms with van der Waals surface area (Å²) < 4.78 is 140. The van der Waals surface area contributed by atoms with Crippen LogP contribution in [-0.4, -0.2) is 158 Å². The van der Waals surface area contributed by atoms with Gasteiger partial charge in [-0.1, -0.05) is 54.6 Å². The topological polar surface area (TPSA) is 386 Å². The van der Waals surface area contributed by atoms with Crippen molar-refractivity contribution < 1.29 is 112 Å². The van der Waals surface area contributed by atoms with Gasteiger partial charge in [0.05, 0.1) is 89.4 Å². The number of aliphatic hydroxyl groups is 3. The number of hydrogen-bond donors (Lipinski definition) is 9. The summed E-state index contributed by atoms with van der Waals surface area (Å²) in [6.45, 7) is -0.637. The van der Waals surface area contributed by atoms with Crippen molar-refractivity contribution in [1.29, 1.82) is 0 Å². The summed E-state index contributed by atoms with van der Waals surface area (Å²) in [6, 6.07) is 60.0. The molecule has 27 nitrogen and oxygen atoms in total. The van der Waals surface area contributed by atoms with Gasteiger partial charge >= 0.3 is 29.6 Å². The van der Waals surface area contributed by atoms with Gasteiger partial charge in [-0.15, -0.1) is 0 Å². The fourth-order valence-electron chi connectivity index (χ4n) is 15.9. The number of rotatable bonds is 21. The molecule has 0 saturated heterocycles. The van der Waals surface area contributed by atoms with E-state index in [0.717, 1.165) is 64.5 Å². The number of amides is 3. The van der Waals surface area contributed by atoms with Crippen molar-refractivity contribution in [2.45, 2.75) is 19.8 Å². The summed E-state index contributed by atoms with van der Waals surface area (Å²) >= 11 is 0. The molecule has 0 aliphatic rings. The number of sulfonamides is 3. The zero-order valence-corrected chi connectivity index (χ0v) is 76.4. The Morgan fingerprint density at radius 1 is 0.359 bits per heavy atom. The van der Waals surface area contributed by atoms with E-state index in [9.17, 15) is 68.1 Å². The summed E-state index contributed by atoms with van der Waals surface area (Å²) in [6.07, 6.45) is 8.30. The number of carbonyl (C=O) groups excluding carboxylic acids is 3. The molecule has 659 valence electrons. The molecule has 9 aromatic carbocycles. The third kappa shape index (κ3) is 18.1. The summed E-state index contributed by atoms with van der Waals surface area (Å²) in [4.78, 5) is 62.5. The fraction of sp³-hybridized carbons (Fsp3) is 0.125. The number of furan rings is 3. The van der Waals surface area contributed by atoms with E-state index >= 15 is 0 Å². The largest absolute Gasteiger partial charge is 1.00 e. The van der Waals surface area contributed by atoms with Gasteiger partial charge in [-0.2, -0.15) is 0 Å². The minimum absolute atomic E-state index is 0. The standard InChI is InChI=1S/3C32H27FN4O5S.B.Na.H/c3*1-34-32(39)28-24-15-23(19-6-4-7-20(14-19)29-25(17-38)22-8-5-13-35-31(22)36-29)26(37(2)43(3,40)41)16-27(24)42-30(28)18-9-11-21(33)12-10-18;;;/h3*4-16,38H,17H2,1-3H3,(H,34,39)(H,35,36);;;/q;;;;+1;-1. The number of benzene rings is 9. The maximum atomic E-state index is 13.7. The Labute approximate surface area is 774 Å². The molecule has 0 saturated carbocycles. The van der Waals surface area contributed by atoms with E-state index in [0.29, 0.717) is 134 Å². The molecule has 131 heavy (non-hydrogen) atoms. The first kappa shape index (κ1) is 93.2. The number of nitrogens with zero attached hydrogens (tertiary/aromatic N) is 6. The minimum atomic E-state index is -3.70. The van der Waals surface area contributed by atoms with Gasteiger partial charge in [0.25, 0.3) is 17.7 Å². The van der Waals surface area contributed by atoms with E-state index in [-0.39, 0.29) is 110 Å². The van der Waals surface area contributed by atoms with E-state index < -0.39 is 65.2 Å². The molecule has 0 fully saturated rings. The molecule has 0 bridgehead atoms. The number of pyridine rings is 3. The van der Waals surface area contributed by atoms with E-state index in [1.807, 2.05) is 91.0 Å². The number of aromatic nitrogens is 6. The Hall–Kier alpha value is -13.9. The van der Waals surface area contributed by atoms with Crippen molar-refractivity contribution in [3.8, 4) is 101 Å². The molecule has 0 aliphatic heterocycles. The van der Waals surface area contributed by atoms with Crippen LogP contribution in [0.3, 0.4) is 0 Å². The first-order valence-electron chi connectivity index (χ1n) is 39.9. The van der Waals surface area contributed by atoms with Crippen LogP contribution in [0.2, 0.25) is 0 Å². The molecule has 35 heteroatoms. The maximum Gasteiger partial charge on any atom is 1.00 e. The number of fused-ring (bicyclic) bond motifs is 6. The Morgan fingerprint density at radius 3 is 0.832 bits per heavy atom. The van der Waals surface area contributed by atoms with Crippen LogP contribution in [0.4, 0.5) is 30.2 Å². The molecule has 18 aromatic rings. The van der Waals surface area contributed by atoms with Crippen molar-refractivity contribution >= 4 is 139 Å². The van der Waals surface area contributed by atoms with Gasteiger partial charge < -0.3 is 60.9 Å². The van der Waals surface area contributed by atoms with Crippen molar-refractivity contribution in [3.05, 3.63) is 288 Å². The number of nitrogens with one attached hydrogen (secondary N) is 6. The molecule has 3 amide bonds. The molecule has 0 atom stereocenters. The zero-order chi connectivity index (χ0) is 91.4. The van der Waals surface area contributed by atoms with E-state index in [1.165, 1.54) is 115 Å². The first-order valence-corrected chi connectivity index (χ1v) is 45.4. The second kappa shape index (κ2) is 37.6. The maximum absolute atomic E-state index is 13.7. The molecule has 9 heterocycles. The van der Waals surface area contributed by atoms with Crippen LogP contribution < -0.4 is 58.4 Å². The van der Waals surface area contributed by atoms with Crippen molar-refractivity contribution in [1.82, 2.24) is 45.9 Å². The molecular formula is C96H82BF3N12NaO15S3. The minimum Gasteiger partial charge on any atom is -1.00 e. The Kier molecular flexibility index (Phi) is 26.8. The molecule has 0 aliphatic carbocycles. The predicted octanol–water partition coefficient (Wildman–Crippen LogP) is 13.8. The summed E-state index contributed by atoms with van der Waals surface area (Å²) in [5.74, 6) is -1.87. The van der Waals surface area contributed by atoms with E-state index in [1.54, 1.807) is 73.2 Å². The van der Waals surface area contributed by atoms with Crippen molar-refractivity contribution in [2.75, 3.05) is 74.0 Å². The number of hydrogen-bond acceptors (Lipinski definition) is 18. The summed E-state index contributed by atoms with van der Waals surface area (Å²) in [7, 11) is -2.28. The van der Waals surface area contributed by atoms with Gasteiger partial charge in [-0.25, -0.2) is 53.4 Å². The van der Waals surface area contributed by atoms with Crippen LogP contribution in [0.1, 0.15) is 49.2 Å². The molecule has 18 rings (SSSR count). The molecule has 0 spiro atoms. The summed E-state index contributed by atoms with van der Waals surface area (Å²) in [5.41, 5.74) is 15.8.